The van der Waals surface area contributed by atoms with Gasteiger partial charge in [-0.15, -0.1) is 0 Å². The van der Waals surface area contributed by atoms with Gasteiger partial charge < -0.3 is 14.2 Å². The van der Waals surface area contributed by atoms with Crippen molar-refractivity contribution in [2.45, 2.75) is 39.1 Å². The Labute approximate surface area is 159 Å². The molecule has 144 valence electrons. The summed E-state index contributed by atoms with van der Waals surface area (Å²) in [4.78, 5) is 60.7. The summed E-state index contributed by atoms with van der Waals surface area (Å²) in [5.74, 6) is -4.45. The number of anilines is 1. The zero-order chi connectivity index (χ0) is 20.3. The number of carbonyl (C=O) groups is 5. The van der Waals surface area contributed by atoms with Crippen LogP contribution in [0.25, 0.3) is 0 Å². The van der Waals surface area contributed by atoms with Crippen molar-refractivity contribution < 1.29 is 38.2 Å². The summed E-state index contributed by atoms with van der Waals surface area (Å²) in [6, 6.07) is 5.66. The van der Waals surface area contributed by atoms with Crippen LogP contribution in [0, 0.1) is 0 Å². The van der Waals surface area contributed by atoms with Crippen molar-refractivity contribution in [3.8, 4) is 0 Å². The van der Waals surface area contributed by atoms with Crippen molar-refractivity contribution in [1.29, 1.82) is 0 Å². The molecule has 0 saturated carbocycles. The average molecular weight is 398 g/mol. The topological polar surface area (TPSA) is 116 Å². The number of amides is 2. The summed E-state index contributed by atoms with van der Waals surface area (Å²) in [6.45, 7) is 3.13. The number of piperidine rings is 1. The summed E-state index contributed by atoms with van der Waals surface area (Å²) >= 11 is 5.81. The highest BCUT2D eigenvalue weighted by Gasteiger charge is 2.54. The van der Waals surface area contributed by atoms with E-state index in [1.54, 1.807) is 0 Å². The lowest BCUT2D eigenvalue weighted by atomic mass is 9.98. The summed E-state index contributed by atoms with van der Waals surface area (Å²) in [6.07, 6.45) is -4.97. The lowest BCUT2D eigenvalue weighted by Crippen LogP contribution is -2.65. The number of rotatable bonds is 4. The lowest BCUT2D eigenvalue weighted by Gasteiger charge is -2.39. The van der Waals surface area contributed by atoms with Crippen LogP contribution in [0.3, 0.4) is 0 Å². The van der Waals surface area contributed by atoms with Crippen LogP contribution in [-0.2, 0) is 38.2 Å². The van der Waals surface area contributed by atoms with Gasteiger partial charge in [-0.25, -0.2) is 4.90 Å². The van der Waals surface area contributed by atoms with Gasteiger partial charge in [0.25, 0.3) is 11.8 Å². The van der Waals surface area contributed by atoms with E-state index >= 15 is 0 Å². The summed E-state index contributed by atoms with van der Waals surface area (Å²) < 4.78 is 14.9. The van der Waals surface area contributed by atoms with Gasteiger partial charge in [0, 0.05) is 25.8 Å². The monoisotopic (exact) mass is 397 g/mol. The molecule has 1 aliphatic heterocycles. The van der Waals surface area contributed by atoms with Crippen molar-refractivity contribution in [2.24, 2.45) is 0 Å². The molecule has 0 radical (unpaired) electrons. The maximum atomic E-state index is 12.8. The SMILES string of the molecule is CC(=O)OC1C(=O)N(c2ccc(Cl)cc2)C(=O)C(OC(C)=O)C1OC(C)=O. The molecular weight excluding hydrogens is 382 g/mol. The zero-order valence-corrected chi connectivity index (χ0v) is 15.4. The number of carbonyl (C=O) groups excluding carboxylic acids is 5. The molecule has 27 heavy (non-hydrogen) atoms. The molecule has 1 fully saturated rings. The van der Waals surface area contributed by atoms with E-state index in [9.17, 15) is 24.0 Å². The van der Waals surface area contributed by atoms with Crippen LogP contribution in [0.1, 0.15) is 20.8 Å². The van der Waals surface area contributed by atoms with Gasteiger partial charge in [-0.3, -0.25) is 24.0 Å². The second-order valence-electron chi connectivity index (χ2n) is 5.62. The molecule has 0 N–H and O–H groups in total. The minimum Gasteiger partial charge on any atom is -0.453 e. The first kappa shape index (κ1) is 20.4. The first-order valence-electron chi connectivity index (χ1n) is 7.77. The molecular formula is C17H16ClNO8. The van der Waals surface area contributed by atoms with Crippen LogP contribution in [0.4, 0.5) is 5.69 Å². The van der Waals surface area contributed by atoms with Gasteiger partial charge in [0.2, 0.25) is 12.2 Å². The minimum absolute atomic E-state index is 0.116. The van der Waals surface area contributed by atoms with Crippen LogP contribution in [-0.4, -0.2) is 48.0 Å². The summed E-state index contributed by atoms with van der Waals surface area (Å²) in [5.41, 5.74) is 0.116. The summed E-state index contributed by atoms with van der Waals surface area (Å²) in [7, 11) is 0. The van der Waals surface area contributed by atoms with E-state index in [-0.39, 0.29) is 5.69 Å². The number of halogens is 1. The molecule has 0 aliphatic carbocycles. The Hall–Kier alpha value is -2.94. The zero-order valence-electron chi connectivity index (χ0n) is 14.6. The smallest absolute Gasteiger partial charge is 0.303 e. The Bertz CT molecular complexity index is 755. The molecule has 10 heteroatoms. The summed E-state index contributed by atoms with van der Waals surface area (Å²) in [5, 5.41) is 0.363. The minimum atomic E-state index is -1.68. The predicted molar refractivity (Wildman–Crippen MR) is 90.6 cm³/mol. The van der Waals surface area contributed by atoms with Crippen molar-refractivity contribution in [3.05, 3.63) is 29.3 Å². The standard InChI is InChI=1S/C17H16ClNO8/c1-8(20)25-13-14(26-9(2)21)16(23)19(12-6-4-11(18)5-7-12)17(24)15(13)27-10(3)22/h4-7,13-15H,1-3H3. The molecule has 1 aromatic carbocycles. The molecule has 0 aromatic heterocycles. The number of benzene rings is 1. The fraction of sp³-hybridized carbons (Fsp3) is 0.353. The molecule has 1 aliphatic rings. The molecule has 2 atom stereocenters. The second-order valence-corrected chi connectivity index (χ2v) is 6.06. The van der Waals surface area contributed by atoms with Crippen LogP contribution >= 0.6 is 11.6 Å². The predicted octanol–water partition coefficient (Wildman–Crippen LogP) is 1.01. The van der Waals surface area contributed by atoms with Crippen LogP contribution in [0.15, 0.2) is 24.3 Å². The molecule has 2 unspecified atom stereocenters. The van der Waals surface area contributed by atoms with E-state index in [1.165, 1.54) is 24.3 Å². The Morgan fingerprint density at radius 1 is 0.815 bits per heavy atom. The number of esters is 3. The van der Waals surface area contributed by atoms with Gasteiger partial charge in [-0.2, -0.15) is 0 Å². The Morgan fingerprint density at radius 3 is 1.59 bits per heavy atom. The molecule has 1 saturated heterocycles. The van der Waals surface area contributed by atoms with Crippen LogP contribution in [0.2, 0.25) is 5.02 Å². The fourth-order valence-corrected chi connectivity index (χ4v) is 2.68. The van der Waals surface area contributed by atoms with Crippen molar-refractivity contribution in [1.82, 2.24) is 0 Å². The fourth-order valence-electron chi connectivity index (χ4n) is 2.56. The van der Waals surface area contributed by atoms with E-state index in [4.69, 9.17) is 25.8 Å². The molecule has 0 bridgehead atoms. The third kappa shape index (κ3) is 4.62. The molecule has 1 heterocycles. The number of hydrogen-bond acceptors (Lipinski definition) is 8. The van der Waals surface area contributed by atoms with Gasteiger partial charge in [0.05, 0.1) is 5.69 Å². The highest BCUT2D eigenvalue weighted by atomic mass is 35.5. The van der Waals surface area contributed by atoms with Gasteiger partial charge in [-0.05, 0) is 24.3 Å². The number of ether oxygens (including phenoxy) is 3. The first-order valence-corrected chi connectivity index (χ1v) is 8.14. The quantitative estimate of drug-likeness (QED) is 0.420. The Morgan fingerprint density at radius 2 is 1.22 bits per heavy atom. The highest BCUT2D eigenvalue weighted by molar-refractivity contribution is 6.30. The molecule has 0 spiro atoms. The van der Waals surface area contributed by atoms with Crippen molar-refractivity contribution >= 4 is 47.0 Å². The van der Waals surface area contributed by atoms with E-state index in [0.29, 0.717) is 9.92 Å². The maximum Gasteiger partial charge on any atom is 0.303 e. The molecule has 2 rings (SSSR count). The van der Waals surface area contributed by atoms with Crippen molar-refractivity contribution in [3.63, 3.8) is 0 Å². The maximum absolute atomic E-state index is 12.8. The second kappa shape index (κ2) is 8.17. The third-order valence-corrected chi connectivity index (χ3v) is 3.75. The highest BCUT2D eigenvalue weighted by Crippen LogP contribution is 2.29. The van der Waals surface area contributed by atoms with Crippen molar-refractivity contribution in [2.75, 3.05) is 4.90 Å². The van der Waals surface area contributed by atoms with Crippen LogP contribution < -0.4 is 4.90 Å². The number of hydrogen-bond donors (Lipinski definition) is 0. The Kier molecular flexibility index (Phi) is 6.17. The molecule has 9 nitrogen and oxygen atoms in total. The molecule has 2 amide bonds. The van der Waals surface area contributed by atoms with Gasteiger partial charge in [-0.1, -0.05) is 11.6 Å². The lowest BCUT2D eigenvalue weighted by molar-refractivity contribution is -0.191. The van der Waals surface area contributed by atoms with E-state index in [1.807, 2.05) is 0 Å². The van der Waals surface area contributed by atoms with Gasteiger partial charge in [0.15, 0.2) is 6.10 Å². The largest absolute Gasteiger partial charge is 0.453 e. The Balaban J connectivity index is 2.53. The van der Waals surface area contributed by atoms with Gasteiger partial charge >= 0.3 is 17.9 Å². The van der Waals surface area contributed by atoms with E-state index < -0.39 is 48.0 Å². The number of nitrogens with zero attached hydrogens (tertiary/aromatic N) is 1. The number of imide groups is 1. The third-order valence-electron chi connectivity index (χ3n) is 3.50. The van der Waals surface area contributed by atoms with Crippen LogP contribution in [0.5, 0.6) is 0 Å². The average Bonchev–Trinajstić information content (AvgIpc) is 2.56. The van der Waals surface area contributed by atoms with E-state index in [2.05, 4.69) is 0 Å². The molecule has 1 aromatic rings. The normalized spacial score (nSPS) is 22.2. The van der Waals surface area contributed by atoms with E-state index in [0.717, 1.165) is 20.8 Å². The van der Waals surface area contributed by atoms with Gasteiger partial charge in [0.1, 0.15) is 0 Å². The first-order chi connectivity index (χ1) is 12.6.